The van der Waals surface area contributed by atoms with Crippen LogP contribution in [0, 0.1) is 0 Å². The minimum atomic E-state index is -2.81. The van der Waals surface area contributed by atoms with Gasteiger partial charge in [0.15, 0.2) is 0 Å². The van der Waals surface area contributed by atoms with E-state index in [1.54, 1.807) is 18.4 Å². The zero-order valence-electron chi connectivity index (χ0n) is 11.9. The normalized spacial score (nSPS) is 15.9. The fraction of sp³-hybridized carbons (Fsp3) is 0.571. The first-order valence-electron chi connectivity index (χ1n) is 6.50. The molecule has 6 heteroatoms. The number of alkyl halides is 2. The minimum Gasteiger partial charge on any atom is -0.435 e. The van der Waals surface area contributed by atoms with Crippen molar-refractivity contribution in [3.63, 3.8) is 0 Å². The summed E-state index contributed by atoms with van der Waals surface area (Å²) in [5.74, 6) is 0.161. The van der Waals surface area contributed by atoms with Crippen molar-refractivity contribution >= 4 is 10.8 Å². The van der Waals surface area contributed by atoms with Crippen molar-refractivity contribution in [1.29, 1.82) is 0 Å². The van der Waals surface area contributed by atoms with E-state index in [9.17, 15) is 13.0 Å². The molecule has 0 amide bonds. The standard InChI is InChI=1S/C14H21F2NO2S/c1-10(20(3)18)7-8-17-11(2)12-5-4-6-13(9-12)19-14(15)16/h4-6,9-11,14,17H,7-8H2,1-3H3. The maximum Gasteiger partial charge on any atom is 0.387 e. The molecule has 1 aromatic rings. The molecule has 3 atom stereocenters. The van der Waals surface area contributed by atoms with Gasteiger partial charge >= 0.3 is 6.61 Å². The molecule has 0 saturated carbocycles. The van der Waals surface area contributed by atoms with Gasteiger partial charge in [-0.3, -0.25) is 4.21 Å². The van der Waals surface area contributed by atoms with Crippen LogP contribution in [-0.4, -0.2) is 28.9 Å². The summed E-state index contributed by atoms with van der Waals surface area (Å²) in [4.78, 5) is 0. The Morgan fingerprint density at radius 3 is 2.65 bits per heavy atom. The molecule has 0 fully saturated rings. The van der Waals surface area contributed by atoms with E-state index >= 15 is 0 Å². The highest BCUT2D eigenvalue weighted by atomic mass is 32.2. The smallest absolute Gasteiger partial charge is 0.387 e. The van der Waals surface area contributed by atoms with E-state index in [0.29, 0.717) is 0 Å². The van der Waals surface area contributed by atoms with Crippen LogP contribution >= 0.6 is 0 Å². The van der Waals surface area contributed by atoms with Crippen molar-refractivity contribution in [2.24, 2.45) is 0 Å². The average Bonchev–Trinajstić information content (AvgIpc) is 2.37. The highest BCUT2D eigenvalue weighted by molar-refractivity contribution is 7.84. The van der Waals surface area contributed by atoms with Gasteiger partial charge in [0.05, 0.1) is 0 Å². The molecule has 0 spiro atoms. The zero-order valence-corrected chi connectivity index (χ0v) is 12.8. The predicted octanol–water partition coefficient (Wildman–Crippen LogP) is 3.10. The molecule has 0 aliphatic rings. The number of rotatable bonds is 8. The first-order valence-corrected chi connectivity index (χ1v) is 8.12. The molecule has 3 nitrogen and oxygen atoms in total. The molecule has 20 heavy (non-hydrogen) atoms. The van der Waals surface area contributed by atoms with Crippen molar-refractivity contribution in [1.82, 2.24) is 5.32 Å². The third-order valence-electron chi connectivity index (χ3n) is 3.15. The minimum absolute atomic E-state index is 0.0220. The summed E-state index contributed by atoms with van der Waals surface area (Å²) in [6.07, 6.45) is 2.50. The van der Waals surface area contributed by atoms with Crippen LogP contribution in [0.5, 0.6) is 5.75 Å². The van der Waals surface area contributed by atoms with E-state index in [0.717, 1.165) is 18.5 Å². The third-order valence-corrected chi connectivity index (χ3v) is 4.52. The second-order valence-electron chi connectivity index (χ2n) is 4.72. The Hall–Kier alpha value is -1.01. The monoisotopic (exact) mass is 305 g/mol. The fourth-order valence-electron chi connectivity index (χ4n) is 1.75. The quantitative estimate of drug-likeness (QED) is 0.802. The average molecular weight is 305 g/mol. The van der Waals surface area contributed by atoms with Crippen molar-refractivity contribution in [2.45, 2.75) is 38.2 Å². The molecule has 3 unspecified atom stereocenters. The molecule has 1 N–H and O–H groups in total. The zero-order chi connectivity index (χ0) is 15.1. The van der Waals surface area contributed by atoms with Crippen molar-refractivity contribution in [2.75, 3.05) is 12.8 Å². The van der Waals surface area contributed by atoms with E-state index in [4.69, 9.17) is 0 Å². The summed E-state index contributed by atoms with van der Waals surface area (Å²) >= 11 is 0. The Bertz CT molecular complexity index is 443. The maximum absolute atomic E-state index is 12.2. The summed E-state index contributed by atoms with van der Waals surface area (Å²) in [7, 11) is -0.823. The number of benzene rings is 1. The first kappa shape index (κ1) is 17.0. The Morgan fingerprint density at radius 1 is 1.35 bits per heavy atom. The molecular weight excluding hydrogens is 284 g/mol. The number of hydrogen-bond donors (Lipinski definition) is 1. The lowest BCUT2D eigenvalue weighted by Gasteiger charge is -2.16. The van der Waals surface area contributed by atoms with Gasteiger partial charge in [-0.1, -0.05) is 19.1 Å². The summed E-state index contributed by atoms with van der Waals surface area (Å²) < 4.78 is 39.9. The highest BCUT2D eigenvalue weighted by Gasteiger charge is 2.10. The van der Waals surface area contributed by atoms with E-state index in [1.807, 2.05) is 19.9 Å². The molecule has 0 saturated heterocycles. The summed E-state index contributed by atoms with van der Waals surface area (Å²) in [5.41, 5.74) is 0.883. The largest absolute Gasteiger partial charge is 0.435 e. The SMILES string of the molecule is CC(NCCC(C)S(C)=O)c1cccc(OC(F)F)c1. The summed E-state index contributed by atoms with van der Waals surface area (Å²) in [6.45, 7) is 1.81. The van der Waals surface area contributed by atoms with E-state index in [2.05, 4.69) is 10.1 Å². The van der Waals surface area contributed by atoms with Crippen LogP contribution in [0.1, 0.15) is 31.9 Å². The van der Waals surface area contributed by atoms with Gasteiger partial charge in [-0.15, -0.1) is 0 Å². The van der Waals surface area contributed by atoms with Crippen LogP contribution in [0.4, 0.5) is 8.78 Å². The number of halogens is 2. The Kier molecular flexibility index (Phi) is 7.09. The summed E-state index contributed by atoms with van der Waals surface area (Å²) in [5, 5.41) is 3.43. The molecule has 0 heterocycles. The number of hydrogen-bond acceptors (Lipinski definition) is 3. The highest BCUT2D eigenvalue weighted by Crippen LogP contribution is 2.20. The number of nitrogens with one attached hydrogen (secondary N) is 1. The molecule has 0 bridgehead atoms. The van der Waals surface area contributed by atoms with E-state index in [-0.39, 0.29) is 17.0 Å². The Morgan fingerprint density at radius 2 is 2.05 bits per heavy atom. The van der Waals surface area contributed by atoms with Gasteiger partial charge in [0.1, 0.15) is 5.75 Å². The Labute approximate surface area is 121 Å². The third kappa shape index (κ3) is 5.96. The van der Waals surface area contributed by atoms with Crippen LogP contribution in [0.15, 0.2) is 24.3 Å². The van der Waals surface area contributed by atoms with Crippen LogP contribution in [-0.2, 0) is 10.8 Å². The second kappa shape index (κ2) is 8.32. The molecule has 0 radical (unpaired) electrons. The van der Waals surface area contributed by atoms with Gasteiger partial charge in [-0.25, -0.2) is 0 Å². The molecule has 114 valence electrons. The predicted molar refractivity (Wildman–Crippen MR) is 77.6 cm³/mol. The molecule has 1 aromatic carbocycles. The van der Waals surface area contributed by atoms with Gasteiger partial charge in [0.2, 0.25) is 0 Å². The molecule has 0 aliphatic heterocycles. The van der Waals surface area contributed by atoms with Crippen LogP contribution in [0.2, 0.25) is 0 Å². The molecule has 0 aliphatic carbocycles. The van der Waals surface area contributed by atoms with Crippen molar-refractivity contribution in [3.8, 4) is 5.75 Å². The van der Waals surface area contributed by atoms with Gasteiger partial charge in [0.25, 0.3) is 0 Å². The second-order valence-corrected chi connectivity index (χ2v) is 6.53. The van der Waals surface area contributed by atoms with Crippen molar-refractivity contribution < 1.29 is 17.7 Å². The van der Waals surface area contributed by atoms with Gasteiger partial charge in [-0.05, 0) is 37.6 Å². The topological polar surface area (TPSA) is 38.3 Å². The Balaban J connectivity index is 2.50. The maximum atomic E-state index is 12.2. The lowest BCUT2D eigenvalue weighted by atomic mass is 10.1. The van der Waals surface area contributed by atoms with Gasteiger partial charge in [0, 0.05) is 28.3 Å². The molecular formula is C14H21F2NO2S. The van der Waals surface area contributed by atoms with E-state index in [1.165, 1.54) is 6.07 Å². The molecule has 1 rings (SSSR count). The van der Waals surface area contributed by atoms with Gasteiger partial charge < -0.3 is 10.1 Å². The molecule has 0 aromatic heterocycles. The fourth-order valence-corrected chi connectivity index (χ4v) is 2.20. The van der Waals surface area contributed by atoms with Crippen LogP contribution in [0.3, 0.4) is 0 Å². The lowest BCUT2D eigenvalue weighted by molar-refractivity contribution is -0.0499. The van der Waals surface area contributed by atoms with Crippen LogP contribution < -0.4 is 10.1 Å². The van der Waals surface area contributed by atoms with E-state index < -0.39 is 17.4 Å². The lowest BCUT2D eigenvalue weighted by Crippen LogP contribution is -2.24. The van der Waals surface area contributed by atoms with Crippen LogP contribution in [0.25, 0.3) is 0 Å². The van der Waals surface area contributed by atoms with Gasteiger partial charge in [-0.2, -0.15) is 8.78 Å². The summed E-state index contributed by atoms with van der Waals surface area (Å²) in [6, 6.07) is 6.68. The number of ether oxygens (including phenoxy) is 1. The van der Waals surface area contributed by atoms with Crippen molar-refractivity contribution in [3.05, 3.63) is 29.8 Å². The first-order chi connectivity index (χ1) is 9.40.